The van der Waals surface area contributed by atoms with Crippen LogP contribution >= 0.6 is 15.9 Å². The van der Waals surface area contributed by atoms with Gasteiger partial charge in [0.15, 0.2) is 0 Å². The van der Waals surface area contributed by atoms with Crippen LogP contribution < -0.4 is 0 Å². The molecule has 18 heavy (non-hydrogen) atoms. The third kappa shape index (κ3) is 4.09. The molecule has 0 bridgehead atoms. The molecule has 0 saturated carbocycles. The van der Waals surface area contributed by atoms with Crippen LogP contribution in [-0.2, 0) is 15.8 Å². The van der Waals surface area contributed by atoms with E-state index in [4.69, 9.17) is 5.26 Å². The van der Waals surface area contributed by atoms with Gasteiger partial charge in [-0.3, -0.25) is 0 Å². The molecule has 1 rings (SSSR count). The van der Waals surface area contributed by atoms with E-state index in [0.29, 0.717) is 17.7 Å². The highest BCUT2D eigenvalue weighted by atomic mass is 79.9. The van der Waals surface area contributed by atoms with Gasteiger partial charge >= 0.3 is 0 Å². The minimum Gasteiger partial charge on any atom is -0.212 e. The van der Waals surface area contributed by atoms with Crippen LogP contribution in [-0.4, -0.2) is 31.6 Å². The smallest absolute Gasteiger partial charge is 0.212 e. The van der Waals surface area contributed by atoms with Gasteiger partial charge in [-0.2, -0.15) is 5.26 Å². The number of halogens is 1. The number of alkyl halides is 1. The quantitative estimate of drug-likeness (QED) is 0.750. The maximum absolute atomic E-state index is 12.1. The predicted molar refractivity (Wildman–Crippen MR) is 74.8 cm³/mol. The van der Waals surface area contributed by atoms with Crippen LogP contribution in [0.1, 0.15) is 17.5 Å². The Morgan fingerprint density at radius 2 is 2.06 bits per heavy atom. The maximum atomic E-state index is 12.1. The fraction of sp³-hybridized carbons (Fsp3) is 0.417. The van der Waals surface area contributed by atoms with Crippen molar-refractivity contribution in [3.05, 3.63) is 35.4 Å². The largest absolute Gasteiger partial charge is 0.218 e. The van der Waals surface area contributed by atoms with E-state index in [-0.39, 0.29) is 5.75 Å². The zero-order valence-corrected chi connectivity index (χ0v) is 12.5. The molecule has 0 aromatic heterocycles. The van der Waals surface area contributed by atoms with Crippen molar-refractivity contribution in [2.45, 2.75) is 12.2 Å². The lowest BCUT2D eigenvalue weighted by molar-refractivity contribution is 0.469. The number of hydrogen-bond acceptors (Lipinski definition) is 3. The summed E-state index contributed by atoms with van der Waals surface area (Å²) in [5.41, 5.74) is 0.959. The van der Waals surface area contributed by atoms with Gasteiger partial charge in [-0.05, 0) is 18.1 Å². The summed E-state index contributed by atoms with van der Waals surface area (Å²) in [5, 5.41) is 9.70. The predicted octanol–water partition coefficient (Wildman–Crippen LogP) is 2.10. The summed E-state index contributed by atoms with van der Waals surface area (Å²) in [7, 11) is -1.79. The van der Waals surface area contributed by atoms with Crippen LogP contribution in [0, 0.1) is 11.3 Å². The van der Waals surface area contributed by atoms with Crippen molar-refractivity contribution >= 4 is 26.0 Å². The molecule has 0 fully saturated rings. The summed E-state index contributed by atoms with van der Waals surface area (Å²) in [4.78, 5) is 0. The van der Waals surface area contributed by atoms with Crippen molar-refractivity contribution in [3.63, 3.8) is 0 Å². The van der Waals surface area contributed by atoms with E-state index in [1.165, 1.54) is 4.31 Å². The molecule has 0 heterocycles. The minimum absolute atomic E-state index is 0.129. The van der Waals surface area contributed by atoms with E-state index < -0.39 is 10.0 Å². The first-order valence-electron chi connectivity index (χ1n) is 5.49. The number of nitriles is 1. The van der Waals surface area contributed by atoms with E-state index in [9.17, 15) is 8.42 Å². The maximum Gasteiger partial charge on any atom is 0.218 e. The molecule has 6 heteroatoms. The first-order valence-corrected chi connectivity index (χ1v) is 8.22. The van der Waals surface area contributed by atoms with Crippen molar-refractivity contribution in [2.24, 2.45) is 0 Å². The Bertz CT molecular complexity index is 537. The molecule has 0 aliphatic carbocycles. The number of sulfonamides is 1. The Kier molecular flexibility index (Phi) is 5.79. The fourth-order valence-electron chi connectivity index (χ4n) is 1.48. The van der Waals surface area contributed by atoms with Gasteiger partial charge in [0.2, 0.25) is 10.0 Å². The SMILES string of the molecule is CN(CCCBr)S(=O)(=O)Cc1ccccc1C#N. The third-order valence-corrected chi connectivity index (χ3v) is 4.93. The summed E-state index contributed by atoms with van der Waals surface area (Å²) in [6.07, 6.45) is 0.760. The molecule has 0 N–H and O–H groups in total. The first kappa shape index (κ1) is 15.2. The Morgan fingerprint density at radius 1 is 1.39 bits per heavy atom. The van der Waals surface area contributed by atoms with Gasteiger partial charge in [-0.15, -0.1) is 0 Å². The van der Waals surface area contributed by atoms with Gasteiger partial charge in [-0.25, -0.2) is 12.7 Å². The highest BCUT2D eigenvalue weighted by molar-refractivity contribution is 9.09. The van der Waals surface area contributed by atoms with E-state index in [1.807, 2.05) is 6.07 Å². The Labute approximate surface area is 116 Å². The van der Waals surface area contributed by atoms with Crippen LogP contribution in [0.2, 0.25) is 0 Å². The van der Waals surface area contributed by atoms with E-state index in [0.717, 1.165) is 11.8 Å². The van der Waals surface area contributed by atoms with E-state index in [2.05, 4.69) is 15.9 Å². The highest BCUT2D eigenvalue weighted by Crippen LogP contribution is 2.14. The summed E-state index contributed by atoms with van der Waals surface area (Å²) >= 11 is 3.27. The van der Waals surface area contributed by atoms with Crippen molar-refractivity contribution in [1.82, 2.24) is 4.31 Å². The number of benzene rings is 1. The van der Waals surface area contributed by atoms with E-state index in [1.54, 1.807) is 31.3 Å². The van der Waals surface area contributed by atoms with Crippen molar-refractivity contribution in [2.75, 3.05) is 18.9 Å². The molecule has 4 nitrogen and oxygen atoms in total. The van der Waals surface area contributed by atoms with Crippen molar-refractivity contribution in [1.29, 1.82) is 5.26 Å². The summed E-state index contributed by atoms with van der Waals surface area (Å²) in [6, 6.07) is 8.78. The van der Waals surface area contributed by atoms with Crippen LogP contribution in [0.25, 0.3) is 0 Å². The highest BCUT2D eigenvalue weighted by Gasteiger charge is 2.19. The zero-order valence-electron chi connectivity index (χ0n) is 10.1. The van der Waals surface area contributed by atoms with Crippen LogP contribution in [0.15, 0.2) is 24.3 Å². The molecule has 0 spiro atoms. The monoisotopic (exact) mass is 330 g/mol. The topological polar surface area (TPSA) is 61.2 Å². The molecule has 0 saturated heterocycles. The first-order chi connectivity index (χ1) is 8.51. The number of rotatable bonds is 6. The zero-order chi connectivity index (χ0) is 13.6. The molecule has 0 unspecified atom stereocenters. The van der Waals surface area contributed by atoms with Crippen molar-refractivity contribution < 1.29 is 8.42 Å². The normalized spacial score (nSPS) is 11.4. The Morgan fingerprint density at radius 3 is 2.67 bits per heavy atom. The van der Waals surface area contributed by atoms with Crippen LogP contribution in [0.4, 0.5) is 0 Å². The number of nitrogens with zero attached hydrogens (tertiary/aromatic N) is 2. The average molecular weight is 331 g/mol. The molecule has 0 atom stereocenters. The lowest BCUT2D eigenvalue weighted by Crippen LogP contribution is -2.29. The molecule has 1 aromatic carbocycles. The van der Waals surface area contributed by atoms with Crippen molar-refractivity contribution in [3.8, 4) is 6.07 Å². The minimum atomic E-state index is -3.36. The lowest BCUT2D eigenvalue weighted by Gasteiger charge is -2.16. The second-order valence-electron chi connectivity index (χ2n) is 3.89. The number of hydrogen-bond donors (Lipinski definition) is 0. The van der Waals surface area contributed by atoms with Gasteiger partial charge < -0.3 is 0 Å². The molecule has 0 aliphatic rings. The molecular weight excluding hydrogens is 316 g/mol. The second kappa shape index (κ2) is 6.88. The van der Waals surface area contributed by atoms with Gasteiger partial charge in [-0.1, -0.05) is 34.1 Å². The Balaban J connectivity index is 2.86. The van der Waals surface area contributed by atoms with Crippen LogP contribution in [0.5, 0.6) is 0 Å². The van der Waals surface area contributed by atoms with Gasteiger partial charge in [0.1, 0.15) is 0 Å². The molecule has 0 amide bonds. The summed E-state index contributed by atoms with van der Waals surface area (Å²) in [6.45, 7) is 0.475. The molecule has 0 aliphatic heterocycles. The van der Waals surface area contributed by atoms with E-state index >= 15 is 0 Å². The average Bonchev–Trinajstić information content (AvgIpc) is 2.36. The summed E-state index contributed by atoms with van der Waals surface area (Å²) in [5.74, 6) is -0.129. The van der Waals surface area contributed by atoms with Gasteiger partial charge in [0.05, 0.1) is 17.4 Å². The molecule has 0 radical (unpaired) electrons. The molecular formula is C12H15BrN2O2S. The Hall–Kier alpha value is -0.900. The lowest BCUT2D eigenvalue weighted by atomic mass is 10.1. The molecule has 1 aromatic rings. The standard InChI is InChI=1S/C12H15BrN2O2S/c1-15(8-4-7-13)18(16,17)10-12-6-3-2-5-11(12)9-14/h2-3,5-6H,4,7-8,10H2,1H3. The van der Waals surface area contributed by atoms with Crippen LogP contribution in [0.3, 0.4) is 0 Å². The summed E-state index contributed by atoms with van der Waals surface area (Å²) < 4.78 is 25.5. The second-order valence-corrected chi connectivity index (χ2v) is 6.76. The fourth-order valence-corrected chi connectivity index (χ4v) is 3.01. The van der Waals surface area contributed by atoms with Gasteiger partial charge in [0.25, 0.3) is 0 Å². The van der Waals surface area contributed by atoms with Gasteiger partial charge in [0, 0.05) is 18.9 Å². The molecule has 98 valence electrons. The third-order valence-electron chi connectivity index (χ3n) is 2.56.